The summed E-state index contributed by atoms with van der Waals surface area (Å²) in [6.07, 6.45) is 2.26. The zero-order valence-corrected chi connectivity index (χ0v) is 12.4. The molecule has 1 fully saturated rings. The summed E-state index contributed by atoms with van der Waals surface area (Å²) in [6.45, 7) is 6.94. The molecular weight excluding hydrogens is 268 g/mol. The minimum atomic E-state index is -0.922. The maximum atomic E-state index is 11.3. The lowest BCUT2D eigenvalue weighted by molar-refractivity contribution is 0.0691. The molecule has 0 amide bonds. The number of piperidine rings is 1. The second kappa shape index (κ2) is 5.93. The molecule has 0 radical (unpaired) electrons. The standard InChI is InChI=1S/C16H22N2O3/c1-2-17-8-6-12(7-9-17)18-10-11-21-15-13(16(19)20)4-3-5-14(15)18/h3-5,12H,2,6-11H2,1H3,(H,19,20). The Morgan fingerprint density at radius 1 is 1.33 bits per heavy atom. The predicted molar refractivity (Wildman–Crippen MR) is 81.4 cm³/mol. The van der Waals surface area contributed by atoms with E-state index in [-0.39, 0.29) is 5.56 Å². The van der Waals surface area contributed by atoms with Crippen LogP contribution in [0.5, 0.6) is 5.75 Å². The maximum Gasteiger partial charge on any atom is 0.339 e. The van der Waals surface area contributed by atoms with E-state index in [9.17, 15) is 9.90 Å². The molecule has 0 atom stereocenters. The Morgan fingerprint density at radius 3 is 2.76 bits per heavy atom. The first-order chi connectivity index (χ1) is 10.2. The van der Waals surface area contributed by atoms with Crippen molar-refractivity contribution < 1.29 is 14.6 Å². The van der Waals surface area contributed by atoms with Crippen LogP contribution in [0, 0.1) is 0 Å². The summed E-state index contributed by atoms with van der Waals surface area (Å²) < 4.78 is 5.65. The van der Waals surface area contributed by atoms with Crippen LogP contribution in [0.15, 0.2) is 18.2 Å². The van der Waals surface area contributed by atoms with Gasteiger partial charge in [-0.05, 0) is 31.5 Å². The van der Waals surface area contributed by atoms with Gasteiger partial charge in [0.1, 0.15) is 12.2 Å². The summed E-state index contributed by atoms with van der Waals surface area (Å²) in [4.78, 5) is 16.1. The van der Waals surface area contributed by atoms with Crippen LogP contribution in [-0.2, 0) is 0 Å². The minimum absolute atomic E-state index is 0.267. The Hall–Kier alpha value is -1.75. The molecule has 5 nitrogen and oxygen atoms in total. The van der Waals surface area contributed by atoms with Gasteiger partial charge in [-0.2, -0.15) is 0 Å². The van der Waals surface area contributed by atoms with E-state index in [2.05, 4.69) is 16.7 Å². The highest BCUT2D eigenvalue weighted by Crippen LogP contribution is 2.37. The lowest BCUT2D eigenvalue weighted by Crippen LogP contribution is -2.47. The first-order valence-electron chi connectivity index (χ1n) is 7.68. The number of nitrogens with zero attached hydrogens (tertiary/aromatic N) is 2. The second-order valence-electron chi connectivity index (χ2n) is 5.67. The molecule has 2 heterocycles. The van der Waals surface area contributed by atoms with Crippen LogP contribution in [0.25, 0.3) is 0 Å². The number of likely N-dealkylation sites (tertiary alicyclic amines) is 1. The van der Waals surface area contributed by atoms with E-state index in [1.165, 1.54) is 0 Å². The summed E-state index contributed by atoms with van der Waals surface area (Å²) in [6, 6.07) is 5.89. The highest BCUT2D eigenvalue weighted by molar-refractivity contribution is 5.93. The van der Waals surface area contributed by atoms with Crippen molar-refractivity contribution in [3.8, 4) is 5.75 Å². The van der Waals surface area contributed by atoms with Crippen LogP contribution < -0.4 is 9.64 Å². The maximum absolute atomic E-state index is 11.3. The van der Waals surface area contributed by atoms with Crippen molar-refractivity contribution in [3.63, 3.8) is 0 Å². The van der Waals surface area contributed by atoms with E-state index in [0.29, 0.717) is 18.4 Å². The number of rotatable bonds is 3. The monoisotopic (exact) mass is 290 g/mol. The normalized spacial score (nSPS) is 20.0. The third kappa shape index (κ3) is 2.70. The van der Waals surface area contributed by atoms with E-state index in [4.69, 9.17) is 4.74 Å². The van der Waals surface area contributed by atoms with Crippen molar-refractivity contribution in [2.24, 2.45) is 0 Å². The van der Waals surface area contributed by atoms with Crippen molar-refractivity contribution >= 4 is 11.7 Å². The van der Waals surface area contributed by atoms with Crippen LogP contribution in [0.1, 0.15) is 30.1 Å². The molecule has 0 bridgehead atoms. The molecule has 0 spiro atoms. The molecule has 0 aliphatic carbocycles. The summed E-state index contributed by atoms with van der Waals surface area (Å²) >= 11 is 0. The molecule has 0 unspecified atom stereocenters. The quantitative estimate of drug-likeness (QED) is 0.923. The van der Waals surface area contributed by atoms with Crippen LogP contribution in [0.2, 0.25) is 0 Å². The molecule has 2 aliphatic rings. The summed E-state index contributed by atoms with van der Waals surface area (Å²) in [5.41, 5.74) is 1.21. The van der Waals surface area contributed by atoms with Gasteiger partial charge in [-0.3, -0.25) is 0 Å². The minimum Gasteiger partial charge on any atom is -0.489 e. The van der Waals surface area contributed by atoms with Gasteiger partial charge in [0.25, 0.3) is 0 Å². The summed E-state index contributed by atoms with van der Waals surface area (Å²) in [5, 5.41) is 9.30. The SMILES string of the molecule is CCN1CCC(N2CCOc3c(C(=O)O)cccc32)CC1. The van der Waals surface area contributed by atoms with Gasteiger partial charge >= 0.3 is 5.97 Å². The number of anilines is 1. The number of benzene rings is 1. The smallest absolute Gasteiger partial charge is 0.339 e. The number of ether oxygens (including phenoxy) is 1. The number of carbonyl (C=O) groups is 1. The molecule has 3 rings (SSSR count). The van der Waals surface area contributed by atoms with Gasteiger partial charge in [-0.25, -0.2) is 4.79 Å². The molecule has 114 valence electrons. The fraction of sp³-hybridized carbons (Fsp3) is 0.562. The van der Waals surface area contributed by atoms with E-state index in [1.54, 1.807) is 6.07 Å². The van der Waals surface area contributed by atoms with Gasteiger partial charge < -0.3 is 19.6 Å². The van der Waals surface area contributed by atoms with Crippen LogP contribution >= 0.6 is 0 Å². The fourth-order valence-electron chi connectivity index (χ4n) is 3.36. The van der Waals surface area contributed by atoms with E-state index in [1.807, 2.05) is 12.1 Å². The van der Waals surface area contributed by atoms with Crippen LogP contribution in [0.4, 0.5) is 5.69 Å². The first-order valence-corrected chi connectivity index (χ1v) is 7.68. The van der Waals surface area contributed by atoms with Crippen molar-refractivity contribution in [2.45, 2.75) is 25.8 Å². The van der Waals surface area contributed by atoms with Gasteiger partial charge in [-0.15, -0.1) is 0 Å². The van der Waals surface area contributed by atoms with Gasteiger partial charge in [0.2, 0.25) is 0 Å². The number of para-hydroxylation sites is 1. The lowest BCUT2D eigenvalue weighted by Gasteiger charge is -2.42. The molecule has 21 heavy (non-hydrogen) atoms. The average Bonchev–Trinajstić information content (AvgIpc) is 2.53. The van der Waals surface area contributed by atoms with Crippen molar-refractivity contribution in [1.82, 2.24) is 4.90 Å². The number of aromatic carboxylic acids is 1. The summed E-state index contributed by atoms with van der Waals surface area (Å²) in [7, 11) is 0. The average molecular weight is 290 g/mol. The van der Waals surface area contributed by atoms with Crippen molar-refractivity contribution in [2.75, 3.05) is 37.7 Å². The summed E-state index contributed by atoms with van der Waals surface area (Å²) in [5.74, 6) is -0.385. The van der Waals surface area contributed by atoms with Gasteiger partial charge in [0.15, 0.2) is 5.75 Å². The Labute approximate surface area is 125 Å². The van der Waals surface area contributed by atoms with Crippen LogP contribution in [-0.4, -0.2) is 54.8 Å². The third-order valence-electron chi connectivity index (χ3n) is 4.56. The van der Waals surface area contributed by atoms with Gasteiger partial charge in [0.05, 0.1) is 12.2 Å². The number of carboxylic acid groups (broad SMARTS) is 1. The number of fused-ring (bicyclic) bond motifs is 1. The highest BCUT2D eigenvalue weighted by Gasteiger charge is 2.30. The molecule has 1 aromatic carbocycles. The largest absolute Gasteiger partial charge is 0.489 e. The molecular formula is C16H22N2O3. The van der Waals surface area contributed by atoms with Crippen LogP contribution in [0.3, 0.4) is 0 Å². The molecule has 1 saturated heterocycles. The first kappa shape index (κ1) is 14.2. The third-order valence-corrected chi connectivity index (χ3v) is 4.56. The van der Waals surface area contributed by atoms with Crippen molar-refractivity contribution in [1.29, 1.82) is 0 Å². The zero-order valence-electron chi connectivity index (χ0n) is 12.4. The zero-order chi connectivity index (χ0) is 14.8. The van der Waals surface area contributed by atoms with E-state index in [0.717, 1.165) is 44.7 Å². The number of hydrogen-bond acceptors (Lipinski definition) is 4. The second-order valence-corrected chi connectivity index (χ2v) is 5.67. The Kier molecular flexibility index (Phi) is 4.01. The van der Waals surface area contributed by atoms with E-state index < -0.39 is 5.97 Å². The molecule has 5 heteroatoms. The Bertz CT molecular complexity index is 524. The van der Waals surface area contributed by atoms with E-state index >= 15 is 0 Å². The number of carboxylic acids is 1. The van der Waals surface area contributed by atoms with Gasteiger partial charge in [-0.1, -0.05) is 13.0 Å². The van der Waals surface area contributed by atoms with Gasteiger partial charge in [0, 0.05) is 19.1 Å². The Morgan fingerprint density at radius 2 is 2.10 bits per heavy atom. The molecule has 2 aliphatic heterocycles. The highest BCUT2D eigenvalue weighted by atomic mass is 16.5. The molecule has 1 N–H and O–H groups in total. The van der Waals surface area contributed by atoms with Crippen molar-refractivity contribution in [3.05, 3.63) is 23.8 Å². The molecule has 1 aromatic rings. The topological polar surface area (TPSA) is 53.0 Å². The lowest BCUT2D eigenvalue weighted by atomic mass is 10.0. The number of hydrogen-bond donors (Lipinski definition) is 1. The Balaban J connectivity index is 1.84. The molecule has 0 aromatic heterocycles. The fourth-order valence-corrected chi connectivity index (χ4v) is 3.36. The molecule has 0 saturated carbocycles. The predicted octanol–water partition coefficient (Wildman–Crippen LogP) is 2.07.